The van der Waals surface area contributed by atoms with Crippen molar-refractivity contribution >= 4 is 27.1 Å². The van der Waals surface area contributed by atoms with Crippen molar-refractivity contribution in [1.29, 1.82) is 0 Å². The van der Waals surface area contributed by atoms with Gasteiger partial charge in [-0.2, -0.15) is 9.78 Å². The Kier molecular flexibility index (Phi) is 6.45. The van der Waals surface area contributed by atoms with Gasteiger partial charge in [0.25, 0.3) is 5.56 Å². The van der Waals surface area contributed by atoms with Crippen LogP contribution in [0.4, 0.5) is 10.1 Å². The molecule has 2 aromatic carbocycles. The van der Waals surface area contributed by atoms with Gasteiger partial charge in [-0.3, -0.25) is 4.79 Å². The van der Waals surface area contributed by atoms with Crippen LogP contribution in [0.15, 0.2) is 59.5 Å². The van der Waals surface area contributed by atoms with Crippen LogP contribution in [0.2, 0.25) is 5.02 Å². The minimum atomic E-state index is -3.26. The highest BCUT2D eigenvalue weighted by atomic mass is 35.5. The maximum atomic E-state index is 13.0. The summed E-state index contributed by atoms with van der Waals surface area (Å²) in [5, 5.41) is 6.18. The summed E-state index contributed by atoms with van der Waals surface area (Å²) in [7, 11) is -3.26. The van der Waals surface area contributed by atoms with Crippen molar-refractivity contribution in [3.63, 3.8) is 0 Å². The number of rotatable bonds is 6. The quantitative estimate of drug-likeness (QED) is 0.580. The predicted octanol–water partition coefficient (Wildman–Crippen LogP) is 3.04. The number of benzene rings is 2. The van der Waals surface area contributed by atoms with E-state index in [-0.39, 0.29) is 42.0 Å². The van der Waals surface area contributed by atoms with E-state index in [4.69, 9.17) is 21.1 Å². The van der Waals surface area contributed by atoms with Crippen molar-refractivity contribution in [2.24, 2.45) is 0 Å². The van der Waals surface area contributed by atoms with Gasteiger partial charge in [0.15, 0.2) is 9.84 Å². The van der Waals surface area contributed by atoms with E-state index in [9.17, 15) is 17.6 Å². The van der Waals surface area contributed by atoms with Gasteiger partial charge < -0.3 is 14.8 Å². The number of hydrogen-bond donors (Lipinski definition) is 1. The van der Waals surface area contributed by atoms with Crippen LogP contribution in [0.1, 0.15) is 0 Å². The zero-order valence-electron chi connectivity index (χ0n) is 16.7. The number of ether oxygens (including phenoxy) is 2. The van der Waals surface area contributed by atoms with Crippen molar-refractivity contribution in [3.8, 4) is 17.2 Å². The van der Waals surface area contributed by atoms with Crippen LogP contribution in [0.3, 0.4) is 0 Å². The monoisotopic (exact) mass is 479 g/mol. The highest BCUT2D eigenvalue weighted by Crippen LogP contribution is 2.23. The summed E-state index contributed by atoms with van der Waals surface area (Å²) in [5.74, 6) is 0.571. The molecule has 32 heavy (non-hydrogen) atoms. The molecule has 0 bridgehead atoms. The van der Waals surface area contributed by atoms with Crippen LogP contribution >= 0.6 is 11.6 Å². The summed E-state index contributed by atoms with van der Waals surface area (Å²) in [4.78, 5) is 12.7. The van der Waals surface area contributed by atoms with Crippen LogP contribution in [-0.4, -0.2) is 49.0 Å². The molecule has 0 radical (unpaired) electrons. The van der Waals surface area contributed by atoms with Crippen LogP contribution in [-0.2, 0) is 14.6 Å². The molecule has 0 aliphatic carbocycles. The molecule has 4 rings (SSSR count). The summed E-state index contributed by atoms with van der Waals surface area (Å²) in [6.45, 7) is 0.331. The molecule has 1 aromatic heterocycles. The Labute approximate surface area is 188 Å². The van der Waals surface area contributed by atoms with E-state index >= 15 is 0 Å². The molecule has 1 atom stereocenters. The van der Waals surface area contributed by atoms with Gasteiger partial charge in [0.1, 0.15) is 27.6 Å². The lowest BCUT2D eigenvalue weighted by Gasteiger charge is -2.23. The number of nitrogens with one attached hydrogen (secondary N) is 1. The number of hydrogen-bond acceptors (Lipinski definition) is 7. The van der Waals surface area contributed by atoms with E-state index in [2.05, 4.69) is 10.4 Å². The van der Waals surface area contributed by atoms with Crippen molar-refractivity contribution in [1.82, 2.24) is 9.78 Å². The second kappa shape index (κ2) is 9.27. The lowest BCUT2D eigenvalue weighted by molar-refractivity contribution is 0.140. The Hall–Kier alpha value is -2.95. The molecule has 2 heterocycles. The molecule has 1 aliphatic heterocycles. The summed E-state index contributed by atoms with van der Waals surface area (Å²) in [6.07, 6.45) is 1.36. The molecule has 0 unspecified atom stereocenters. The Morgan fingerprint density at radius 3 is 2.47 bits per heavy atom. The number of sulfone groups is 1. The van der Waals surface area contributed by atoms with Crippen LogP contribution in [0, 0.1) is 5.82 Å². The van der Waals surface area contributed by atoms with Crippen molar-refractivity contribution in [3.05, 3.63) is 75.9 Å². The van der Waals surface area contributed by atoms with E-state index < -0.39 is 20.6 Å². The second-order valence-electron chi connectivity index (χ2n) is 7.08. The fraction of sp³-hybridized carbons (Fsp3) is 0.238. The first-order valence-electron chi connectivity index (χ1n) is 9.68. The maximum Gasteiger partial charge on any atom is 0.292 e. The molecule has 168 valence electrons. The third-order valence-corrected chi connectivity index (χ3v) is 7.31. The highest BCUT2D eigenvalue weighted by molar-refractivity contribution is 7.92. The van der Waals surface area contributed by atoms with E-state index in [1.165, 1.54) is 30.5 Å². The number of anilines is 1. The minimum absolute atomic E-state index is 0.0339. The zero-order chi connectivity index (χ0) is 22.7. The molecule has 1 saturated heterocycles. The molecule has 3 aromatic rings. The molecule has 11 heteroatoms. The summed E-state index contributed by atoms with van der Waals surface area (Å²) < 4.78 is 49.2. The number of nitrogens with zero attached hydrogens (tertiary/aromatic N) is 2. The summed E-state index contributed by atoms with van der Waals surface area (Å²) in [5.41, 5.74) is 0.134. The van der Waals surface area contributed by atoms with Crippen molar-refractivity contribution in [2.75, 3.05) is 30.8 Å². The molecule has 1 aliphatic rings. The van der Waals surface area contributed by atoms with Gasteiger partial charge in [-0.25, -0.2) is 12.8 Å². The molecule has 0 saturated carbocycles. The molecule has 0 amide bonds. The van der Waals surface area contributed by atoms with E-state index in [1.54, 1.807) is 24.3 Å². The van der Waals surface area contributed by atoms with Gasteiger partial charge in [-0.05, 0) is 48.5 Å². The van der Waals surface area contributed by atoms with Gasteiger partial charge in [-0.15, -0.1) is 0 Å². The first-order chi connectivity index (χ1) is 15.3. The van der Waals surface area contributed by atoms with E-state index in [0.717, 1.165) is 4.68 Å². The van der Waals surface area contributed by atoms with Gasteiger partial charge >= 0.3 is 0 Å². The average Bonchev–Trinajstić information content (AvgIpc) is 2.78. The minimum Gasteiger partial charge on any atom is -0.457 e. The fourth-order valence-corrected chi connectivity index (χ4v) is 4.62. The number of aromatic nitrogens is 2. The average molecular weight is 480 g/mol. The molecular formula is C21H19ClFN3O5S. The molecular weight excluding hydrogens is 461 g/mol. The van der Waals surface area contributed by atoms with Gasteiger partial charge in [-0.1, -0.05) is 11.6 Å². The third kappa shape index (κ3) is 4.93. The normalized spacial score (nSPS) is 17.6. The lowest BCUT2D eigenvalue weighted by Crippen LogP contribution is -2.40. The van der Waals surface area contributed by atoms with E-state index in [0.29, 0.717) is 17.2 Å². The largest absolute Gasteiger partial charge is 0.457 e. The summed E-state index contributed by atoms with van der Waals surface area (Å²) >= 11 is 6.22. The first-order valence-corrected chi connectivity index (χ1v) is 11.8. The molecule has 8 nitrogen and oxygen atoms in total. The highest BCUT2D eigenvalue weighted by Gasteiger charge is 2.29. The van der Waals surface area contributed by atoms with Gasteiger partial charge in [0.05, 0.1) is 36.5 Å². The summed E-state index contributed by atoms with van der Waals surface area (Å²) in [6, 6.07) is 12.1. The Morgan fingerprint density at radius 2 is 1.81 bits per heavy atom. The number of halogens is 2. The first kappa shape index (κ1) is 22.3. The second-order valence-corrected chi connectivity index (χ2v) is 9.86. The predicted molar refractivity (Wildman–Crippen MR) is 118 cm³/mol. The van der Waals surface area contributed by atoms with Crippen LogP contribution < -0.4 is 15.6 Å². The van der Waals surface area contributed by atoms with Crippen LogP contribution in [0.25, 0.3) is 5.69 Å². The molecule has 0 spiro atoms. The van der Waals surface area contributed by atoms with Crippen molar-refractivity contribution in [2.45, 2.75) is 5.25 Å². The van der Waals surface area contributed by atoms with E-state index in [1.807, 2.05) is 0 Å². The Balaban J connectivity index is 1.48. The lowest BCUT2D eigenvalue weighted by atomic mass is 10.3. The SMILES string of the molecule is O=c1c(Cl)c(NC[C@H]2COCCS2(=O)=O)cnn1-c1ccc(Oc2ccc(F)cc2)cc1. The standard InChI is InChI=1S/C21H19ClFN3O5S/c22-20-19(24-11-18-13-30-9-10-32(18,28)29)12-25-26(21(20)27)15-3-7-17(8-4-15)31-16-5-1-14(23)2-6-16/h1-8,12,18,24H,9-11,13H2/t18-/m0/s1. The molecule has 1 fully saturated rings. The smallest absolute Gasteiger partial charge is 0.292 e. The van der Waals surface area contributed by atoms with Crippen LogP contribution in [0.5, 0.6) is 11.5 Å². The zero-order valence-corrected chi connectivity index (χ0v) is 18.3. The Bertz CT molecular complexity index is 1260. The van der Waals surface area contributed by atoms with Crippen molar-refractivity contribution < 1.29 is 22.3 Å². The van der Waals surface area contributed by atoms with Gasteiger partial charge in [0.2, 0.25) is 0 Å². The maximum absolute atomic E-state index is 13.0. The topological polar surface area (TPSA) is 99.5 Å². The van der Waals surface area contributed by atoms with Gasteiger partial charge in [0, 0.05) is 6.54 Å². The fourth-order valence-electron chi connectivity index (χ4n) is 3.10. The Morgan fingerprint density at radius 1 is 1.16 bits per heavy atom. The molecule has 1 N–H and O–H groups in total. The third-order valence-electron chi connectivity index (χ3n) is 4.89.